The SMILES string of the molecule is Oc1ccccc1C1(O)CCCCCCC1. The molecular weight excluding hydrogens is 200 g/mol. The van der Waals surface area contributed by atoms with E-state index in [1.54, 1.807) is 12.1 Å². The second-order valence-electron chi connectivity index (χ2n) is 4.82. The highest BCUT2D eigenvalue weighted by Gasteiger charge is 2.31. The molecule has 1 aliphatic rings. The lowest BCUT2D eigenvalue weighted by Crippen LogP contribution is -2.26. The van der Waals surface area contributed by atoms with Crippen LogP contribution in [0.1, 0.15) is 50.5 Å². The van der Waals surface area contributed by atoms with Crippen LogP contribution in [0.25, 0.3) is 0 Å². The van der Waals surface area contributed by atoms with Crippen molar-refractivity contribution in [2.24, 2.45) is 0 Å². The lowest BCUT2D eigenvalue weighted by atomic mass is 9.81. The van der Waals surface area contributed by atoms with E-state index in [1.165, 1.54) is 19.3 Å². The fraction of sp³-hybridized carbons (Fsp3) is 0.571. The first-order chi connectivity index (χ1) is 7.72. The van der Waals surface area contributed by atoms with E-state index in [9.17, 15) is 10.2 Å². The zero-order valence-corrected chi connectivity index (χ0v) is 9.65. The average Bonchev–Trinajstić information content (AvgIpc) is 2.24. The number of para-hydroxylation sites is 1. The lowest BCUT2D eigenvalue weighted by molar-refractivity contribution is 0.00762. The van der Waals surface area contributed by atoms with Crippen LogP contribution in [0.4, 0.5) is 0 Å². The molecule has 2 nitrogen and oxygen atoms in total. The lowest BCUT2D eigenvalue weighted by Gasteiger charge is -2.31. The van der Waals surface area contributed by atoms with Gasteiger partial charge in [0.05, 0.1) is 5.60 Å². The van der Waals surface area contributed by atoms with Crippen molar-refractivity contribution >= 4 is 0 Å². The molecule has 0 unspecified atom stereocenters. The zero-order chi connectivity index (χ0) is 11.4. The van der Waals surface area contributed by atoms with Crippen LogP contribution >= 0.6 is 0 Å². The molecule has 0 aliphatic heterocycles. The number of phenolic OH excluding ortho intramolecular Hbond substituents is 1. The summed E-state index contributed by atoms with van der Waals surface area (Å²) >= 11 is 0. The van der Waals surface area contributed by atoms with Gasteiger partial charge in [-0.25, -0.2) is 0 Å². The van der Waals surface area contributed by atoms with Gasteiger partial charge in [0.25, 0.3) is 0 Å². The third-order valence-corrected chi connectivity index (χ3v) is 3.59. The Morgan fingerprint density at radius 1 is 0.875 bits per heavy atom. The second-order valence-corrected chi connectivity index (χ2v) is 4.82. The molecule has 2 heteroatoms. The molecule has 1 aromatic rings. The summed E-state index contributed by atoms with van der Waals surface area (Å²) in [6, 6.07) is 7.18. The number of benzene rings is 1. The van der Waals surface area contributed by atoms with E-state index in [-0.39, 0.29) is 5.75 Å². The Kier molecular flexibility index (Phi) is 3.49. The smallest absolute Gasteiger partial charge is 0.121 e. The van der Waals surface area contributed by atoms with Gasteiger partial charge >= 0.3 is 0 Å². The Balaban J connectivity index is 2.24. The number of aromatic hydroxyl groups is 1. The van der Waals surface area contributed by atoms with E-state index < -0.39 is 5.60 Å². The summed E-state index contributed by atoms with van der Waals surface area (Å²) in [5, 5.41) is 20.5. The summed E-state index contributed by atoms with van der Waals surface area (Å²) in [5.41, 5.74) is -0.108. The summed E-state index contributed by atoms with van der Waals surface area (Å²) in [4.78, 5) is 0. The van der Waals surface area contributed by atoms with Gasteiger partial charge in [-0.1, -0.05) is 50.3 Å². The molecule has 0 atom stereocenters. The molecule has 0 amide bonds. The maximum atomic E-state index is 10.7. The van der Waals surface area contributed by atoms with E-state index in [0.29, 0.717) is 5.56 Å². The molecule has 1 fully saturated rings. The topological polar surface area (TPSA) is 40.5 Å². The van der Waals surface area contributed by atoms with Gasteiger partial charge in [-0.3, -0.25) is 0 Å². The van der Waals surface area contributed by atoms with E-state index in [2.05, 4.69) is 0 Å². The van der Waals surface area contributed by atoms with Crippen molar-refractivity contribution in [2.45, 2.75) is 50.5 Å². The largest absolute Gasteiger partial charge is 0.508 e. The van der Waals surface area contributed by atoms with Crippen LogP contribution in [0.5, 0.6) is 5.75 Å². The molecule has 88 valence electrons. The molecule has 2 rings (SSSR count). The summed E-state index contributed by atoms with van der Waals surface area (Å²) in [7, 11) is 0. The second kappa shape index (κ2) is 4.88. The van der Waals surface area contributed by atoms with Crippen LogP contribution in [0.2, 0.25) is 0 Å². The molecule has 0 spiro atoms. The van der Waals surface area contributed by atoms with E-state index >= 15 is 0 Å². The first-order valence-corrected chi connectivity index (χ1v) is 6.23. The van der Waals surface area contributed by atoms with Crippen LogP contribution < -0.4 is 0 Å². The number of aliphatic hydroxyl groups is 1. The molecule has 0 saturated heterocycles. The van der Waals surface area contributed by atoms with Crippen molar-refractivity contribution in [3.8, 4) is 5.75 Å². The predicted molar refractivity (Wildman–Crippen MR) is 64.3 cm³/mol. The minimum atomic E-state index is -0.814. The Labute approximate surface area is 96.9 Å². The third kappa shape index (κ3) is 2.38. The monoisotopic (exact) mass is 220 g/mol. The van der Waals surface area contributed by atoms with E-state index in [0.717, 1.165) is 25.7 Å². The highest BCUT2D eigenvalue weighted by atomic mass is 16.3. The quantitative estimate of drug-likeness (QED) is 0.762. The van der Waals surface area contributed by atoms with Crippen LogP contribution in [-0.2, 0) is 5.60 Å². The van der Waals surface area contributed by atoms with Gasteiger partial charge in [-0.05, 0) is 18.9 Å². The van der Waals surface area contributed by atoms with Gasteiger partial charge in [0.2, 0.25) is 0 Å². The average molecular weight is 220 g/mol. The highest BCUT2D eigenvalue weighted by molar-refractivity contribution is 5.36. The van der Waals surface area contributed by atoms with Gasteiger partial charge in [0.1, 0.15) is 5.75 Å². The van der Waals surface area contributed by atoms with Crippen LogP contribution in [0.3, 0.4) is 0 Å². The number of hydrogen-bond acceptors (Lipinski definition) is 2. The minimum Gasteiger partial charge on any atom is -0.508 e. The summed E-state index contributed by atoms with van der Waals surface area (Å²) < 4.78 is 0. The van der Waals surface area contributed by atoms with Crippen molar-refractivity contribution in [2.75, 3.05) is 0 Å². The predicted octanol–water partition coefficient (Wildman–Crippen LogP) is 3.32. The van der Waals surface area contributed by atoms with Crippen molar-refractivity contribution in [3.05, 3.63) is 29.8 Å². The maximum Gasteiger partial charge on any atom is 0.121 e. The van der Waals surface area contributed by atoms with Crippen molar-refractivity contribution in [1.82, 2.24) is 0 Å². The van der Waals surface area contributed by atoms with Gasteiger partial charge in [-0.15, -0.1) is 0 Å². The summed E-state index contributed by atoms with van der Waals surface area (Å²) in [6.45, 7) is 0. The van der Waals surface area contributed by atoms with Crippen molar-refractivity contribution < 1.29 is 10.2 Å². The molecule has 0 aromatic heterocycles. The fourth-order valence-electron chi connectivity index (χ4n) is 2.63. The van der Waals surface area contributed by atoms with Crippen LogP contribution in [0.15, 0.2) is 24.3 Å². The highest BCUT2D eigenvalue weighted by Crippen LogP contribution is 2.38. The molecule has 1 aromatic carbocycles. The molecule has 1 aliphatic carbocycles. The first kappa shape index (κ1) is 11.5. The van der Waals surface area contributed by atoms with Gasteiger partial charge in [0, 0.05) is 5.56 Å². The normalized spacial score (nSPS) is 21.1. The van der Waals surface area contributed by atoms with Gasteiger partial charge < -0.3 is 10.2 Å². The van der Waals surface area contributed by atoms with Crippen LogP contribution in [0, 0.1) is 0 Å². The van der Waals surface area contributed by atoms with Gasteiger partial charge in [-0.2, -0.15) is 0 Å². The fourth-order valence-corrected chi connectivity index (χ4v) is 2.63. The Morgan fingerprint density at radius 3 is 2.06 bits per heavy atom. The molecule has 16 heavy (non-hydrogen) atoms. The number of rotatable bonds is 1. The Morgan fingerprint density at radius 2 is 1.44 bits per heavy atom. The van der Waals surface area contributed by atoms with E-state index in [4.69, 9.17) is 0 Å². The Hall–Kier alpha value is -1.02. The molecular formula is C14H20O2. The van der Waals surface area contributed by atoms with Gasteiger partial charge in [0.15, 0.2) is 0 Å². The molecule has 1 saturated carbocycles. The van der Waals surface area contributed by atoms with Crippen LogP contribution in [-0.4, -0.2) is 10.2 Å². The molecule has 0 heterocycles. The third-order valence-electron chi connectivity index (χ3n) is 3.59. The van der Waals surface area contributed by atoms with E-state index in [1.807, 2.05) is 12.1 Å². The maximum absolute atomic E-state index is 10.7. The first-order valence-electron chi connectivity index (χ1n) is 6.23. The summed E-state index contributed by atoms with van der Waals surface area (Å²) in [5.74, 6) is 0.227. The zero-order valence-electron chi connectivity index (χ0n) is 9.65. The van der Waals surface area contributed by atoms with Crippen molar-refractivity contribution in [1.29, 1.82) is 0 Å². The Bertz CT molecular complexity index is 338. The molecule has 0 bridgehead atoms. The molecule has 0 radical (unpaired) electrons. The summed E-state index contributed by atoms with van der Waals surface area (Å²) in [6.07, 6.45) is 7.29. The van der Waals surface area contributed by atoms with Crippen molar-refractivity contribution in [3.63, 3.8) is 0 Å². The molecule has 2 N–H and O–H groups in total. The minimum absolute atomic E-state index is 0.227. The number of phenols is 1. The number of hydrogen-bond donors (Lipinski definition) is 2. The standard InChI is InChI=1S/C14H20O2/c15-13-9-5-4-8-12(13)14(16)10-6-2-1-3-7-11-14/h4-5,8-9,15-16H,1-3,6-7,10-11H2.